The molecule has 1 heterocycles. The van der Waals surface area contributed by atoms with Gasteiger partial charge in [0.1, 0.15) is 0 Å². The van der Waals surface area contributed by atoms with Crippen molar-refractivity contribution in [1.82, 2.24) is 4.90 Å². The van der Waals surface area contributed by atoms with Crippen molar-refractivity contribution < 1.29 is 0 Å². The normalized spacial score (nSPS) is 21.9. The molecule has 1 saturated heterocycles. The fourth-order valence-electron chi connectivity index (χ4n) is 2.31. The SMILES string of the molecule is CCN1CCCC(Nc2ccccc2N)C1. The van der Waals surface area contributed by atoms with Gasteiger partial charge in [0.2, 0.25) is 0 Å². The molecule has 1 aliphatic heterocycles. The number of nitrogens with one attached hydrogen (secondary N) is 1. The largest absolute Gasteiger partial charge is 0.397 e. The van der Waals surface area contributed by atoms with E-state index < -0.39 is 0 Å². The van der Waals surface area contributed by atoms with Crippen LogP contribution in [0.15, 0.2) is 24.3 Å². The Morgan fingerprint density at radius 2 is 2.25 bits per heavy atom. The van der Waals surface area contributed by atoms with Crippen LogP contribution >= 0.6 is 0 Å². The standard InChI is InChI=1S/C13H21N3/c1-2-16-9-5-6-11(10-16)15-13-8-4-3-7-12(13)14/h3-4,7-8,11,15H,2,5-6,9-10,14H2,1H3. The summed E-state index contributed by atoms with van der Waals surface area (Å²) in [4.78, 5) is 2.49. The van der Waals surface area contributed by atoms with Crippen molar-refractivity contribution in [1.29, 1.82) is 0 Å². The highest BCUT2D eigenvalue weighted by molar-refractivity contribution is 5.66. The summed E-state index contributed by atoms with van der Waals surface area (Å²) in [5.41, 5.74) is 7.85. The first-order valence-electron chi connectivity index (χ1n) is 6.13. The third-order valence-electron chi connectivity index (χ3n) is 3.27. The average Bonchev–Trinajstić information content (AvgIpc) is 2.32. The van der Waals surface area contributed by atoms with Crippen LogP contribution in [0.2, 0.25) is 0 Å². The molecule has 2 rings (SSSR count). The smallest absolute Gasteiger partial charge is 0.0576 e. The lowest BCUT2D eigenvalue weighted by Crippen LogP contribution is -2.41. The van der Waals surface area contributed by atoms with Crippen LogP contribution in [0.3, 0.4) is 0 Å². The number of para-hydroxylation sites is 2. The van der Waals surface area contributed by atoms with Crippen molar-refractivity contribution in [3.63, 3.8) is 0 Å². The molecule has 16 heavy (non-hydrogen) atoms. The Bertz CT molecular complexity index is 338. The average molecular weight is 219 g/mol. The van der Waals surface area contributed by atoms with E-state index in [4.69, 9.17) is 5.73 Å². The summed E-state index contributed by atoms with van der Waals surface area (Å²) < 4.78 is 0. The maximum absolute atomic E-state index is 5.93. The molecule has 1 aromatic rings. The van der Waals surface area contributed by atoms with Gasteiger partial charge in [-0.2, -0.15) is 0 Å². The number of likely N-dealkylation sites (tertiary alicyclic amines) is 1. The van der Waals surface area contributed by atoms with Crippen molar-refractivity contribution in [3.05, 3.63) is 24.3 Å². The summed E-state index contributed by atoms with van der Waals surface area (Å²) in [5, 5.41) is 3.55. The number of hydrogen-bond acceptors (Lipinski definition) is 3. The van der Waals surface area contributed by atoms with E-state index in [1.165, 1.54) is 19.4 Å². The predicted octanol–water partition coefficient (Wildman–Crippen LogP) is 2.17. The van der Waals surface area contributed by atoms with Crippen molar-refractivity contribution in [2.75, 3.05) is 30.7 Å². The Labute approximate surface area is 97.6 Å². The van der Waals surface area contributed by atoms with Gasteiger partial charge in [0.15, 0.2) is 0 Å². The molecular formula is C13H21N3. The fourth-order valence-corrected chi connectivity index (χ4v) is 2.31. The molecule has 0 saturated carbocycles. The van der Waals surface area contributed by atoms with Crippen LogP contribution in [0.1, 0.15) is 19.8 Å². The molecule has 1 unspecified atom stereocenters. The Morgan fingerprint density at radius 1 is 1.44 bits per heavy atom. The van der Waals surface area contributed by atoms with Crippen LogP contribution < -0.4 is 11.1 Å². The number of nitrogens with zero attached hydrogens (tertiary/aromatic N) is 1. The molecule has 88 valence electrons. The molecule has 0 spiro atoms. The molecule has 0 aromatic heterocycles. The first-order valence-corrected chi connectivity index (χ1v) is 6.13. The fraction of sp³-hybridized carbons (Fsp3) is 0.538. The number of rotatable bonds is 3. The minimum Gasteiger partial charge on any atom is -0.397 e. The van der Waals surface area contributed by atoms with Crippen molar-refractivity contribution >= 4 is 11.4 Å². The van der Waals surface area contributed by atoms with Crippen molar-refractivity contribution in [2.45, 2.75) is 25.8 Å². The lowest BCUT2D eigenvalue weighted by molar-refractivity contribution is 0.227. The van der Waals surface area contributed by atoms with Gasteiger partial charge in [-0.15, -0.1) is 0 Å². The maximum atomic E-state index is 5.93. The molecule has 3 nitrogen and oxygen atoms in total. The van der Waals surface area contributed by atoms with Crippen LogP contribution in [0.4, 0.5) is 11.4 Å². The van der Waals surface area contributed by atoms with Crippen molar-refractivity contribution in [2.24, 2.45) is 0 Å². The highest BCUT2D eigenvalue weighted by atomic mass is 15.2. The van der Waals surface area contributed by atoms with E-state index in [0.29, 0.717) is 6.04 Å². The van der Waals surface area contributed by atoms with Gasteiger partial charge in [0.05, 0.1) is 11.4 Å². The zero-order valence-electron chi connectivity index (χ0n) is 9.95. The molecule has 1 fully saturated rings. The number of nitrogen functional groups attached to an aromatic ring is 1. The molecular weight excluding hydrogens is 198 g/mol. The van der Waals surface area contributed by atoms with Gasteiger partial charge in [-0.05, 0) is 38.1 Å². The Kier molecular flexibility index (Phi) is 3.67. The second kappa shape index (κ2) is 5.21. The van der Waals surface area contributed by atoms with Crippen LogP contribution in [0.5, 0.6) is 0 Å². The van der Waals surface area contributed by atoms with E-state index in [1.54, 1.807) is 0 Å². The molecule has 0 aliphatic carbocycles. The lowest BCUT2D eigenvalue weighted by atomic mass is 10.1. The zero-order chi connectivity index (χ0) is 11.4. The predicted molar refractivity (Wildman–Crippen MR) is 69.6 cm³/mol. The molecule has 1 aromatic carbocycles. The Morgan fingerprint density at radius 3 is 3.00 bits per heavy atom. The Hall–Kier alpha value is -1.22. The van der Waals surface area contributed by atoms with Crippen LogP contribution in [-0.2, 0) is 0 Å². The number of benzene rings is 1. The van der Waals surface area contributed by atoms with E-state index in [1.807, 2.05) is 18.2 Å². The number of likely N-dealkylation sites (N-methyl/N-ethyl adjacent to an activating group) is 1. The number of anilines is 2. The second-order valence-electron chi connectivity index (χ2n) is 4.46. The van der Waals surface area contributed by atoms with Crippen LogP contribution in [0.25, 0.3) is 0 Å². The van der Waals surface area contributed by atoms with Gasteiger partial charge in [-0.25, -0.2) is 0 Å². The maximum Gasteiger partial charge on any atom is 0.0576 e. The van der Waals surface area contributed by atoms with Gasteiger partial charge in [0, 0.05) is 12.6 Å². The van der Waals surface area contributed by atoms with E-state index in [-0.39, 0.29) is 0 Å². The molecule has 0 radical (unpaired) electrons. The Balaban J connectivity index is 1.97. The minimum atomic E-state index is 0.540. The topological polar surface area (TPSA) is 41.3 Å². The summed E-state index contributed by atoms with van der Waals surface area (Å²) in [6.45, 7) is 5.73. The highest BCUT2D eigenvalue weighted by Crippen LogP contribution is 2.21. The molecule has 3 N–H and O–H groups in total. The highest BCUT2D eigenvalue weighted by Gasteiger charge is 2.18. The van der Waals surface area contributed by atoms with Gasteiger partial charge < -0.3 is 16.0 Å². The molecule has 0 bridgehead atoms. The number of nitrogens with two attached hydrogens (primary N) is 1. The van der Waals surface area contributed by atoms with Gasteiger partial charge in [-0.3, -0.25) is 0 Å². The van der Waals surface area contributed by atoms with Crippen LogP contribution in [-0.4, -0.2) is 30.6 Å². The first kappa shape index (κ1) is 11.3. The van der Waals surface area contributed by atoms with E-state index in [0.717, 1.165) is 24.5 Å². The van der Waals surface area contributed by atoms with E-state index in [9.17, 15) is 0 Å². The number of hydrogen-bond donors (Lipinski definition) is 2. The summed E-state index contributed by atoms with van der Waals surface area (Å²) >= 11 is 0. The molecule has 0 amide bonds. The zero-order valence-corrected chi connectivity index (χ0v) is 9.95. The quantitative estimate of drug-likeness (QED) is 0.765. The summed E-state index contributed by atoms with van der Waals surface area (Å²) in [7, 11) is 0. The van der Waals surface area contributed by atoms with Crippen molar-refractivity contribution in [3.8, 4) is 0 Å². The molecule has 1 atom stereocenters. The second-order valence-corrected chi connectivity index (χ2v) is 4.46. The monoisotopic (exact) mass is 219 g/mol. The van der Waals surface area contributed by atoms with Crippen LogP contribution in [0, 0.1) is 0 Å². The lowest BCUT2D eigenvalue weighted by Gasteiger charge is -2.33. The summed E-state index contributed by atoms with van der Waals surface area (Å²) in [6, 6.07) is 8.54. The summed E-state index contributed by atoms with van der Waals surface area (Å²) in [5.74, 6) is 0. The third kappa shape index (κ3) is 2.67. The molecule has 3 heteroatoms. The summed E-state index contributed by atoms with van der Waals surface area (Å²) in [6.07, 6.45) is 2.52. The van der Waals surface area contributed by atoms with Gasteiger partial charge >= 0.3 is 0 Å². The third-order valence-corrected chi connectivity index (χ3v) is 3.27. The molecule has 1 aliphatic rings. The first-order chi connectivity index (χ1) is 7.79. The minimum absolute atomic E-state index is 0.540. The van der Waals surface area contributed by atoms with E-state index >= 15 is 0 Å². The van der Waals surface area contributed by atoms with Gasteiger partial charge in [-0.1, -0.05) is 19.1 Å². The van der Waals surface area contributed by atoms with Gasteiger partial charge in [0.25, 0.3) is 0 Å². The number of piperidine rings is 1. The van der Waals surface area contributed by atoms with E-state index in [2.05, 4.69) is 23.2 Å².